The number of oxazole rings is 1. The van der Waals surface area contributed by atoms with E-state index in [-0.39, 0.29) is 0 Å². The van der Waals surface area contributed by atoms with E-state index < -0.39 is 0 Å². The van der Waals surface area contributed by atoms with Crippen LogP contribution in [0.25, 0.3) is 17.2 Å². The van der Waals surface area contributed by atoms with Crippen molar-refractivity contribution in [2.75, 3.05) is 11.4 Å². The maximum absolute atomic E-state index is 6.27. The number of allylic oxidation sites excluding steroid dienone is 2. The van der Waals surface area contributed by atoms with E-state index in [1.807, 2.05) is 12.1 Å². The van der Waals surface area contributed by atoms with Gasteiger partial charge in [-0.15, -0.1) is 0 Å². The zero-order valence-corrected chi connectivity index (χ0v) is 24.4. The first-order valence-electron chi connectivity index (χ1n) is 15.7. The first-order valence-corrected chi connectivity index (χ1v) is 15.7. The fourth-order valence-electron chi connectivity index (χ4n) is 5.48. The summed E-state index contributed by atoms with van der Waals surface area (Å²) in [6, 6.07) is 16.7. The Hall–Kier alpha value is -3.01. The van der Waals surface area contributed by atoms with E-state index in [0.717, 1.165) is 36.2 Å². The Morgan fingerprint density at radius 3 is 2.13 bits per heavy atom. The van der Waals surface area contributed by atoms with Crippen molar-refractivity contribution < 1.29 is 13.7 Å². The zero-order chi connectivity index (χ0) is 27.1. The molecule has 0 saturated heterocycles. The maximum atomic E-state index is 6.27. The highest BCUT2D eigenvalue weighted by atomic mass is 16.5. The van der Waals surface area contributed by atoms with Gasteiger partial charge in [-0.3, -0.25) is 0 Å². The minimum Gasteiger partial charge on any atom is -0.439 e. The molecule has 0 radical (unpaired) electrons. The van der Waals surface area contributed by atoms with Gasteiger partial charge in [0, 0.05) is 19.0 Å². The smallest absolute Gasteiger partial charge is 0.374 e. The van der Waals surface area contributed by atoms with Crippen LogP contribution in [0.3, 0.4) is 0 Å². The lowest BCUT2D eigenvalue weighted by Gasteiger charge is -2.18. The molecule has 1 aromatic heterocycles. The Labute approximate surface area is 236 Å². The number of rotatable bonds is 18. The van der Waals surface area contributed by atoms with Gasteiger partial charge in [0.2, 0.25) is 11.5 Å². The average molecular weight is 530 g/mol. The number of unbranched alkanes of at least 4 members (excludes halogenated alkanes) is 12. The molecule has 39 heavy (non-hydrogen) atoms. The van der Waals surface area contributed by atoms with E-state index >= 15 is 0 Å². The van der Waals surface area contributed by atoms with Gasteiger partial charge in [0.25, 0.3) is 5.52 Å². The van der Waals surface area contributed by atoms with E-state index in [9.17, 15) is 0 Å². The van der Waals surface area contributed by atoms with Crippen LogP contribution in [0, 0.1) is 0 Å². The molecular formula is C35H49N2O2+. The van der Waals surface area contributed by atoms with Gasteiger partial charge in [-0.2, -0.15) is 4.57 Å². The van der Waals surface area contributed by atoms with Gasteiger partial charge in [-0.1, -0.05) is 109 Å². The highest BCUT2D eigenvalue weighted by Crippen LogP contribution is 2.38. The van der Waals surface area contributed by atoms with Crippen molar-refractivity contribution in [2.24, 2.45) is 0 Å². The number of nitrogens with zero attached hydrogens (tertiary/aromatic N) is 2. The third-order valence-corrected chi connectivity index (χ3v) is 7.72. The fraction of sp³-hybridized carbons (Fsp3) is 0.514. The van der Waals surface area contributed by atoms with Gasteiger partial charge in [0.15, 0.2) is 12.3 Å². The van der Waals surface area contributed by atoms with Crippen LogP contribution < -0.4 is 14.2 Å². The van der Waals surface area contributed by atoms with E-state index in [2.05, 4.69) is 77.9 Å². The minimum absolute atomic E-state index is 0.896. The molecule has 0 aliphatic carbocycles. The Kier molecular flexibility index (Phi) is 12.0. The van der Waals surface area contributed by atoms with Crippen LogP contribution in [-0.4, -0.2) is 6.54 Å². The standard InChI is InChI=1S/C35H49N2O2/c1-3-5-7-9-11-13-19-28-36-30-22-15-17-24-32(30)38-34(36)26-21-27-35-37(29-20-14-12-10-8-6-4-2)31-23-16-18-25-33(31)39-35/h15-18,21-27H,3-14,19-20,28-29H2,1-2H3/q+1. The lowest BCUT2D eigenvalue weighted by Crippen LogP contribution is -2.35. The van der Waals surface area contributed by atoms with Crippen LogP contribution in [0.4, 0.5) is 5.69 Å². The summed E-state index contributed by atoms with van der Waals surface area (Å²) in [5, 5.41) is 0. The molecule has 3 aromatic rings. The number of hydrogen-bond acceptors (Lipinski definition) is 3. The van der Waals surface area contributed by atoms with Gasteiger partial charge in [0.1, 0.15) is 0 Å². The van der Waals surface area contributed by atoms with Crippen molar-refractivity contribution in [3.8, 4) is 5.75 Å². The van der Waals surface area contributed by atoms with Crippen molar-refractivity contribution in [3.63, 3.8) is 0 Å². The summed E-state index contributed by atoms with van der Waals surface area (Å²) in [4.78, 5) is 2.33. The first-order chi connectivity index (χ1) is 19.3. The summed E-state index contributed by atoms with van der Waals surface area (Å²) < 4.78 is 14.9. The average Bonchev–Trinajstić information content (AvgIpc) is 3.49. The molecule has 4 nitrogen and oxygen atoms in total. The molecule has 2 heterocycles. The Morgan fingerprint density at radius 1 is 0.718 bits per heavy atom. The van der Waals surface area contributed by atoms with Crippen molar-refractivity contribution in [3.05, 3.63) is 72.5 Å². The van der Waals surface area contributed by atoms with Crippen molar-refractivity contribution in [2.45, 2.75) is 110 Å². The number of anilines is 1. The summed E-state index contributed by atoms with van der Waals surface area (Å²) in [7, 11) is 0. The second-order valence-electron chi connectivity index (χ2n) is 10.9. The van der Waals surface area contributed by atoms with E-state index in [1.165, 1.54) is 101 Å². The summed E-state index contributed by atoms with van der Waals surface area (Å²) in [6.45, 7) is 6.51. The van der Waals surface area contributed by atoms with E-state index in [1.54, 1.807) is 0 Å². The first kappa shape index (κ1) is 29.0. The molecule has 0 atom stereocenters. The van der Waals surface area contributed by atoms with Crippen LogP contribution >= 0.6 is 0 Å². The maximum Gasteiger partial charge on any atom is 0.374 e. The van der Waals surface area contributed by atoms with Crippen LogP contribution in [0.5, 0.6) is 5.75 Å². The molecule has 0 N–H and O–H groups in total. The number of aryl methyl sites for hydroxylation is 1. The lowest BCUT2D eigenvalue weighted by atomic mass is 10.1. The third-order valence-electron chi connectivity index (χ3n) is 7.72. The van der Waals surface area contributed by atoms with Gasteiger partial charge in [-0.25, -0.2) is 0 Å². The molecule has 0 saturated carbocycles. The van der Waals surface area contributed by atoms with E-state index in [4.69, 9.17) is 9.15 Å². The molecule has 2 aromatic carbocycles. The molecular weight excluding hydrogens is 480 g/mol. The van der Waals surface area contributed by atoms with Gasteiger partial charge >= 0.3 is 5.89 Å². The van der Waals surface area contributed by atoms with Gasteiger partial charge in [-0.05, 0) is 43.2 Å². The second kappa shape index (κ2) is 16.2. The highest BCUT2D eigenvalue weighted by molar-refractivity contribution is 5.70. The molecule has 1 aliphatic heterocycles. The summed E-state index contributed by atoms with van der Waals surface area (Å²) in [5.74, 6) is 2.74. The van der Waals surface area contributed by atoms with Crippen molar-refractivity contribution >= 4 is 22.9 Å². The predicted molar refractivity (Wildman–Crippen MR) is 164 cm³/mol. The van der Waals surface area contributed by atoms with E-state index in [0.29, 0.717) is 0 Å². The minimum atomic E-state index is 0.896. The monoisotopic (exact) mass is 529 g/mol. The van der Waals surface area contributed by atoms with Crippen LogP contribution in [-0.2, 0) is 6.54 Å². The Morgan fingerprint density at radius 2 is 1.36 bits per heavy atom. The number of ether oxygens (including phenoxy) is 1. The molecule has 0 unspecified atom stereocenters. The molecule has 1 aliphatic rings. The second-order valence-corrected chi connectivity index (χ2v) is 10.9. The van der Waals surface area contributed by atoms with Gasteiger partial charge in [0.05, 0.1) is 11.8 Å². The van der Waals surface area contributed by atoms with Gasteiger partial charge < -0.3 is 14.1 Å². The third kappa shape index (κ3) is 8.49. The number of aromatic nitrogens is 1. The number of fused-ring (bicyclic) bond motifs is 2. The molecule has 210 valence electrons. The predicted octanol–water partition coefficient (Wildman–Crippen LogP) is 9.98. The Balaban J connectivity index is 1.40. The topological polar surface area (TPSA) is 29.5 Å². The number of benzene rings is 2. The largest absolute Gasteiger partial charge is 0.439 e. The Bertz CT molecular complexity index is 1190. The quantitative estimate of drug-likeness (QED) is 0.121. The molecule has 0 amide bonds. The van der Waals surface area contributed by atoms with Crippen molar-refractivity contribution in [1.82, 2.24) is 0 Å². The highest BCUT2D eigenvalue weighted by Gasteiger charge is 2.25. The SMILES string of the molecule is CCCCCCCCCN1/C(=C\C=C\c2oc3ccccc3[n+]2CCCCCCCCC)Oc2ccccc21. The molecule has 0 spiro atoms. The van der Waals surface area contributed by atoms with Crippen molar-refractivity contribution in [1.29, 1.82) is 0 Å². The normalized spacial score (nSPS) is 14.1. The molecule has 0 bridgehead atoms. The van der Waals surface area contributed by atoms with Crippen LogP contribution in [0.15, 0.2) is 71.0 Å². The molecule has 4 heteroatoms. The fourth-order valence-corrected chi connectivity index (χ4v) is 5.48. The molecule has 4 rings (SSSR count). The summed E-state index contributed by atoms with van der Waals surface area (Å²) in [5.41, 5.74) is 3.28. The summed E-state index contributed by atoms with van der Waals surface area (Å²) >= 11 is 0. The zero-order valence-electron chi connectivity index (χ0n) is 24.4. The summed E-state index contributed by atoms with van der Waals surface area (Å²) in [6.07, 6.45) is 24.5. The lowest BCUT2D eigenvalue weighted by molar-refractivity contribution is -0.678. The number of para-hydroxylation sites is 4. The van der Waals surface area contributed by atoms with Crippen LogP contribution in [0.2, 0.25) is 0 Å². The molecule has 0 fully saturated rings. The number of hydrogen-bond donors (Lipinski definition) is 0. The van der Waals surface area contributed by atoms with Crippen LogP contribution in [0.1, 0.15) is 110 Å².